The van der Waals surface area contributed by atoms with Crippen molar-refractivity contribution in [2.75, 3.05) is 6.54 Å². The number of carboxylic acid groups (broad SMARTS) is 1. The Morgan fingerprint density at radius 1 is 1.47 bits per heavy atom. The van der Waals surface area contributed by atoms with E-state index in [0.29, 0.717) is 30.7 Å². The van der Waals surface area contributed by atoms with Crippen LogP contribution < -0.4 is 0 Å². The molecule has 0 aliphatic carbocycles. The summed E-state index contributed by atoms with van der Waals surface area (Å²) in [5.74, 6) is -0.494. The lowest BCUT2D eigenvalue weighted by Crippen LogP contribution is -2.40. The molecule has 1 atom stereocenters. The van der Waals surface area contributed by atoms with Gasteiger partial charge in [0.1, 0.15) is 11.8 Å². The van der Waals surface area contributed by atoms with Crippen LogP contribution in [0.25, 0.3) is 0 Å². The normalized spacial score (nSPS) is 19.2. The molecule has 1 aromatic rings. The molecule has 2 rings (SSSR count). The van der Waals surface area contributed by atoms with Crippen LogP contribution in [-0.4, -0.2) is 39.6 Å². The SMILES string of the molecule is Cc1c(C(=O)N2CCC[C@H]2C(=O)O)noc1C(C)C. The highest BCUT2D eigenvalue weighted by atomic mass is 16.5. The molecular weight excluding hydrogens is 248 g/mol. The standard InChI is InChI=1S/C13H18N2O4/c1-7(2)11-8(3)10(14-19-11)12(16)15-6-4-5-9(15)13(17)18/h7,9H,4-6H2,1-3H3,(H,17,18)/t9-/m0/s1. The van der Waals surface area contributed by atoms with Crippen LogP contribution >= 0.6 is 0 Å². The molecule has 0 aromatic carbocycles. The van der Waals surface area contributed by atoms with Gasteiger partial charge in [-0.2, -0.15) is 0 Å². The van der Waals surface area contributed by atoms with Crippen LogP contribution in [0.4, 0.5) is 0 Å². The zero-order valence-corrected chi connectivity index (χ0v) is 11.3. The Kier molecular flexibility index (Phi) is 3.59. The fraction of sp³-hybridized carbons (Fsp3) is 0.615. The molecule has 1 aromatic heterocycles. The molecule has 0 radical (unpaired) electrons. The number of hydrogen-bond donors (Lipinski definition) is 1. The van der Waals surface area contributed by atoms with E-state index < -0.39 is 12.0 Å². The number of carbonyl (C=O) groups is 2. The Morgan fingerprint density at radius 2 is 2.16 bits per heavy atom. The first kappa shape index (κ1) is 13.6. The van der Waals surface area contributed by atoms with E-state index >= 15 is 0 Å². The fourth-order valence-electron chi connectivity index (χ4n) is 2.49. The second-order valence-corrected chi connectivity index (χ2v) is 5.17. The van der Waals surface area contributed by atoms with Crippen molar-refractivity contribution in [2.45, 2.75) is 45.6 Å². The predicted octanol–water partition coefficient (Wildman–Crippen LogP) is 1.80. The van der Waals surface area contributed by atoms with Gasteiger partial charge in [0.2, 0.25) is 0 Å². The third-order valence-electron chi connectivity index (χ3n) is 3.49. The molecule has 2 heterocycles. The first-order valence-electron chi connectivity index (χ1n) is 6.43. The van der Waals surface area contributed by atoms with Gasteiger partial charge in [-0.25, -0.2) is 4.79 Å². The molecule has 0 unspecified atom stereocenters. The molecule has 0 spiro atoms. The second kappa shape index (κ2) is 5.03. The molecule has 19 heavy (non-hydrogen) atoms. The minimum absolute atomic E-state index is 0.142. The third-order valence-corrected chi connectivity index (χ3v) is 3.49. The molecule has 1 aliphatic rings. The van der Waals surface area contributed by atoms with E-state index in [4.69, 9.17) is 9.63 Å². The zero-order chi connectivity index (χ0) is 14.2. The van der Waals surface area contributed by atoms with Crippen molar-refractivity contribution in [3.8, 4) is 0 Å². The summed E-state index contributed by atoms with van der Waals surface area (Å²) < 4.78 is 5.19. The van der Waals surface area contributed by atoms with Gasteiger partial charge in [-0.3, -0.25) is 4.79 Å². The number of carbonyl (C=O) groups excluding carboxylic acids is 1. The summed E-state index contributed by atoms with van der Waals surface area (Å²) in [6.45, 7) is 6.15. The Bertz CT molecular complexity index is 507. The fourth-order valence-corrected chi connectivity index (χ4v) is 2.49. The van der Waals surface area contributed by atoms with Crippen LogP contribution in [-0.2, 0) is 4.79 Å². The highest BCUT2D eigenvalue weighted by Gasteiger charge is 2.36. The smallest absolute Gasteiger partial charge is 0.326 e. The molecule has 0 saturated carbocycles. The van der Waals surface area contributed by atoms with Crippen molar-refractivity contribution in [2.24, 2.45) is 0 Å². The van der Waals surface area contributed by atoms with Gasteiger partial charge in [-0.15, -0.1) is 0 Å². The van der Waals surface area contributed by atoms with E-state index in [1.807, 2.05) is 13.8 Å². The minimum Gasteiger partial charge on any atom is -0.480 e. The average Bonchev–Trinajstić information content (AvgIpc) is 2.93. The quantitative estimate of drug-likeness (QED) is 0.901. The first-order chi connectivity index (χ1) is 8.93. The van der Waals surface area contributed by atoms with Gasteiger partial charge in [0.25, 0.3) is 5.91 Å². The van der Waals surface area contributed by atoms with Crippen molar-refractivity contribution in [1.82, 2.24) is 10.1 Å². The summed E-state index contributed by atoms with van der Waals surface area (Å²) in [6.07, 6.45) is 1.20. The van der Waals surface area contributed by atoms with Gasteiger partial charge in [0.15, 0.2) is 5.69 Å². The van der Waals surface area contributed by atoms with Gasteiger partial charge in [-0.1, -0.05) is 19.0 Å². The Balaban J connectivity index is 2.27. The van der Waals surface area contributed by atoms with E-state index in [1.54, 1.807) is 6.92 Å². The number of hydrogen-bond acceptors (Lipinski definition) is 4. The number of carboxylic acids is 1. The van der Waals surface area contributed by atoms with Crippen LogP contribution in [0.15, 0.2) is 4.52 Å². The summed E-state index contributed by atoms with van der Waals surface area (Å²) in [5, 5.41) is 12.9. The molecule has 1 saturated heterocycles. The van der Waals surface area contributed by atoms with Crippen molar-refractivity contribution in [3.63, 3.8) is 0 Å². The Labute approximate surface area is 111 Å². The topological polar surface area (TPSA) is 83.6 Å². The highest BCUT2D eigenvalue weighted by Crippen LogP contribution is 2.25. The number of aromatic nitrogens is 1. The van der Waals surface area contributed by atoms with Crippen molar-refractivity contribution in [3.05, 3.63) is 17.0 Å². The van der Waals surface area contributed by atoms with Gasteiger partial charge in [-0.05, 0) is 19.8 Å². The molecule has 6 heteroatoms. The summed E-state index contributed by atoms with van der Waals surface area (Å²) in [6, 6.07) is -0.744. The summed E-state index contributed by atoms with van der Waals surface area (Å²) >= 11 is 0. The molecular formula is C13H18N2O4. The molecule has 104 valence electrons. The van der Waals surface area contributed by atoms with Gasteiger partial charge in [0, 0.05) is 18.0 Å². The van der Waals surface area contributed by atoms with E-state index in [-0.39, 0.29) is 17.5 Å². The van der Waals surface area contributed by atoms with E-state index in [2.05, 4.69) is 5.16 Å². The number of nitrogens with zero attached hydrogens (tertiary/aromatic N) is 2. The Morgan fingerprint density at radius 3 is 2.68 bits per heavy atom. The second-order valence-electron chi connectivity index (χ2n) is 5.17. The van der Waals surface area contributed by atoms with Gasteiger partial charge < -0.3 is 14.5 Å². The molecule has 1 aliphatic heterocycles. The largest absolute Gasteiger partial charge is 0.480 e. The number of aliphatic carboxylic acids is 1. The van der Waals surface area contributed by atoms with Crippen LogP contribution in [0.5, 0.6) is 0 Å². The van der Waals surface area contributed by atoms with Crippen molar-refractivity contribution in [1.29, 1.82) is 0 Å². The number of likely N-dealkylation sites (tertiary alicyclic amines) is 1. The maximum atomic E-state index is 12.4. The van der Waals surface area contributed by atoms with Crippen LogP contribution in [0.2, 0.25) is 0 Å². The summed E-state index contributed by atoms with van der Waals surface area (Å²) in [7, 11) is 0. The first-order valence-corrected chi connectivity index (χ1v) is 6.43. The van der Waals surface area contributed by atoms with E-state index in [1.165, 1.54) is 4.90 Å². The molecule has 0 bridgehead atoms. The van der Waals surface area contributed by atoms with Crippen LogP contribution in [0, 0.1) is 6.92 Å². The third kappa shape index (κ3) is 2.34. The maximum Gasteiger partial charge on any atom is 0.326 e. The predicted molar refractivity (Wildman–Crippen MR) is 67.0 cm³/mol. The summed E-state index contributed by atoms with van der Waals surface area (Å²) in [5.41, 5.74) is 0.938. The van der Waals surface area contributed by atoms with Crippen LogP contribution in [0.1, 0.15) is 54.4 Å². The lowest BCUT2D eigenvalue weighted by Gasteiger charge is -2.20. The molecule has 1 amide bonds. The van der Waals surface area contributed by atoms with Gasteiger partial charge >= 0.3 is 5.97 Å². The number of rotatable bonds is 3. The van der Waals surface area contributed by atoms with E-state index in [0.717, 1.165) is 0 Å². The van der Waals surface area contributed by atoms with Crippen LogP contribution in [0.3, 0.4) is 0 Å². The van der Waals surface area contributed by atoms with Gasteiger partial charge in [0.05, 0.1) is 0 Å². The zero-order valence-electron chi connectivity index (χ0n) is 11.3. The van der Waals surface area contributed by atoms with Crippen molar-refractivity contribution >= 4 is 11.9 Å². The van der Waals surface area contributed by atoms with E-state index in [9.17, 15) is 9.59 Å². The molecule has 1 fully saturated rings. The number of amides is 1. The minimum atomic E-state index is -0.962. The highest BCUT2D eigenvalue weighted by molar-refractivity contribution is 5.96. The summed E-state index contributed by atoms with van der Waals surface area (Å²) in [4.78, 5) is 24.8. The lowest BCUT2D eigenvalue weighted by molar-refractivity contribution is -0.141. The maximum absolute atomic E-state index is 12.4. The van der Waals surface area contributed by atoms with Crippen molar-refractivity contribution < 1.29 is 19.2 Å². The average molecular weight is 266 g/mol. The Hall–Kier alpha value is -1.85. The lowest BCUT2D eigenvalue weighted by atomic mass is 10.1. The molecule has 6 nitrogen and oxygen atoms in total. The monoisotopic (exact) mass is 266 g/mol. The molecule has 1 N–H and O–H groups in total.